The van der Waals surface area contributed by atoms with Gasteiger partial charge in [0.05, 0.1) is 10.7 Å². The molecule has 0 aliphatic heterocycles. The molecule has 0 saturated heterocycles. The molecule has 0 unspecified atom stereocenters. The van der Waals surface area contributed by atoms with Gasteiger partial charge in [0, 0.05) is 29.2 Å². The highest BCUT2D eigenvalue weighted by Crippen LogP contribution is 2.26. The van der Waals surface area contributed by atoms with Crippen molar-refractivity contribution < 1.29 is 4.79 Å². The fourth-order valence-corrected chi connectivity index (χ4v) is 3.65. The zero-order valence-corrected chi connectivity index (χ0v) is 17.7. The maximum atomic E-state index is 12.7. The van der Waals surface area contributed by atoms with Crippen molar-refractivity contribution in [2.75, 3.05) is 5.32 Å². The van der Waals surface area contributed by atoms with Gasteiger partial charge in [-0.15, -0.1) is 0 Å². The molecular formula is C26H20ClN3O. The number of amides is 1. The first-order chi connectivity index (χ1) is 15.0. The number of halogens is 1. The molecule has 1 amide bonds. The van der Waals surface area contributed by atoms with E-state index in [0.29, 0.717) is 17.3 Å². The summed E-state index contributed by atoms with van der Waals surface area (Å²) in [5, 5.41) is 13.7. The summed E-state index contributed by atoms with van der Waals surface area (Å²) in [5.41, 5.74) is 4.73. The number of benzene rings is 3. The molecule has 0 radical (unpaired) electrons. The van der Waals surface area contributed by atoms with Gasteiger partial charge < -0.3 is 9.88 Å². The minimum atomic E-state index is -0.494. The summed E-state index contributed by atoms with van der Waals surface area (Å²) in [5.74, 6) is -0.494. The maximum absolute atomic E-state index is 12.7. The predicted octanol–water partition coefficient (Wildman–Crippen LogP) is 6.20. The van der Waals surface area contributed by atoms with Crippen molar-refractivity contribution >= 4 is 40.2 Å². The van der Waals surface area contributed by atoms with Crippen LogP contribution in [0.1, 0.15) is 16.7 Å². The molecule has 3 aromatic carbocycles. The lowest BCUT2D eigenvalue weighted by Crippen LogP contribution is -2.13. The number of carbonyl (C=O) groups excluding carboxylic acids is 1. The van der Waals surface area contributed by atoms with E-state index >= 15 is 0 Å². The van der Waals surface area contributed by atoms with E-state index in [2.05, 4.69) is 41.1 Å². The van der Waals surface area contributed by atoms with Crippen LogP contribution in [0.15, 0.2) is 84.6 Å². The highest BCUT2D eigenvalue weighted by molar-refractivity contribution is 6.34. The average molecular weight is 426 g/mol. The number of nitrogens with one attached hydrogen (secondary N) is 1. The summed E-state index contributed by atoms with van der Waals surface area (Å²) in [4.78, 5) is 12.7. The van der Waals surface area contributed by atoms with Crippen LogP contribution in [-0.4, -0.2) is 10.5 Å². The van der Waals surface area contributed by atoms with Gasteiger partial charge in [-0.2, -0.15) is 5.26 Å². The van der Waals surface area contributed by atoms with Gasteiger partial charge in [-0.25, -0.2) is 0 Å². The normalized spacial score (nSPS) is 11.3. The minimum absolute atomic E-state index is 0.0122. The topological polar surface area (TPSA) is 57.8 Å². The first-order valence-electron chi connectivity index (χ1n) is 9.86. The van der Waals surface area contributed by atoms with E-state index in [9.17, 15) is 10.1 Å². The molecule has 4 aromatic rings. The van der Waals surface area contributed by atoms with E-state index in [1.54, 1.807) is 30.3 Å². The molecule has 152 valence electrons. The largest absolute Gasteiger partial charge is 0.342 e. The number of aryl methyl sites for hydroxylation is 1. The Balaban J connectivity index is 1.68. The molecule has 0 atom stereocenters. The number of para-hydroxylation sites is 2. The Morgan fingerprint density at radius 1 is 1.06 bits per heavy atom. The Hall–Kier alpha value is -3.81. The molecule has 4 rings (SSSR count). The highest BCUT2D eigenvalue weighted by Gasteiger charge is 2.14. The molecule has 0 aliphatic rings. The minimum Gasteiger partial charge on any atom is -0.342 e. The van der Waals surface area contributed by atoms with Gasteiger partial charge in [-0.3, -0.25) is 4.79 Å². The molecule has 0 fully saturated rings. The lowest BCUT2D eigenvalue weighted by molar-refractivity contribution is -0.112. The first-order valence-corrected chi connectivity index (χ1v) is 10.2. The van der Waals surface area contributed by atoms with E-state index in [4.69, 9.17) is 11.6 Å². The Morgan fingerprint density at radius 2 is 1.77 bits per heavy atom. The molecule has 1 N–H and O–H groups in total. The summed E-state index contributed by atoms with van der Waals surface area (Å²) < 4.78 is 2.13. The van der Waals surface area contributed by atoms with Gasteiger partial charge in [0.1, 0.15) is 11.6 Å². The van der Waals surface area contributed by atoms with E-state index in [1.807, 2.05) is 36.5 Å². The molecule has 5 heteroatoms. The summed E-state index contributed by atoms with van der Waals surface area (Å²) in [6, 6.07) is 25.3. The number of fused-ring (bicyclic) bond motifs is 1. The third kappa shape index (κ3) is 4.53. The summed E-state index contributed by atoms with van der Waals surface area (Å²) in [6.07, 6.45) is 3.60. The standard InChI is InChI=1S/C26H20ClN3O/c1-18-10-12-19(13-11-18)16-30-17-21(22-6-2-5-9-25(22)30)14-20(15-28)26(31)29-24-8-4-3-7-23(24)27/h2-14,17H,16H2,1H3,(H,29,31)/b20-14+. The quantitative estimate of drug-likeness (QED) is 0.306. The van der Waals surface area contributed by atoms with E-state index < -0.39 is 5.91 Å². The van der Waals surface area contributed by atoms with Crippen LogP contribution in [0.4, 0.5) is 5.69 Å². The smallest absolute Gasteiger partial charge is 0.266 e. The van der Waals surface area contributed by atoms with Crippen molar-refractivity contribution in [3.05, 3.63) is 106 Å². The maximum Gasteiger partial charge on any atom is 0.266 e. The lowest BCUT2D eigenvalue weighted by atomic mass is 10.1. The summed E-state index contributed by atoms with van der Waals surface area (Å²) in [6.45, 7) is 2.76. The summed E-state index contributed by atoms with van der Waals surface area (Å²) >= 11 is 6.12. The number of rotatable bonds is 5. The number of nitrogens with zero attached hydrogens (tertiary/aromatic N) is 2. The molecule has 0 aliphatic carbocycles. The van der Waals surface area contributed by atoms with Crippen molar-refractivity contribution in [1.82, 2.24) is 4.57 Å². The fourth-order valence-electron chi connectivity index (χ4n) is 3.47. The number of nitriles is 1. The van der Waals surface area contributed by atoms with Crippen LogP contribution in [0.3, 0.4) is 0 Å². The second-order valence-electron chi connectivity index (χ2n) is 7.32. The van der Waals surface area contributed by atoms with Crippen LogP contribution >= 0.6 is 11.6 Å². The van der Waals surface area contributed by atoms with Crippen LogP contribution in [0.5, 0.6) is 0 Å². The molecular weight excluding hydrogens is 406 g/mol. The van der Waals surface area contributed by atoms with Gasteiger partial charge in [-0.1, -0.05) is 71.8 Å². The SMILES string of the molecule is Cc1ccc(Cn2cc(/C=C(\C#N)C(=O)Nc3ccccc3Cl)c3ccccc32)cc1. The third-order valence-electron chi connectivity index (χ3n) is 5.08. The van der Waals surface area contributed by atoms with Crippen LogP contribution < -0.4 is 5.32 Å². The van der Waals surface area contributed by atoms with Crippen molar-refractivity contribution in [2.24, 2.45) is 0 Å². The van der Waals surface area contributed by atoms with Crippen molar-refractivity contribution in [1.29, 1.82) is 5.26 Å². The van der Waals surface area contributed by atoms with Gasteiger partial charge in [0.2, 0.25) is 0 Å². The summed E-state index contributed by atoms with van der Waals surface area (Å²) in [7, 11) is 0. The van der Waals surface area contributed by atoms with E-state index in [-0.39, 0.29) is 5.57 Å². The molecule has 1 aromatic heterocycles. The zero-order chi connectivity index (χ0) is 21.8. The van der Waals surface area contributed by atoms with Crippen LogP contribution in [-0.2, 0) is 11.3 Å². The molecule has 4 nitrogen and oxygen atoms in total. The Labute approximate surface area is 186 Å². The molecule has 0 saturated carbocycles. The molecule has 0 spiro atoms. The van der Waals surface area contributed by atoms with Gasteiger partial charge >= 0.3 is 0 Å². The number of hydrogen-bond acceptors (Lipinski definition) is 2. The zero-order valence-electron chi connectivity index (χ0n) is 17.0. The van der Waals surface area contributed by atoms with Crippen LogP contribution in [0.2, 0.25) is 5.02 Å². The van der Waals surface area contributed by atoms with Crippen molar-refractivity contribution in [3.63, 3.8) is 0 Å². The Kier molecular flexibility index (Phi) is 5.88. The molecule has 31 heavy (non-hydrogen) atoms. The second kappa shape index (κ2) is 8.91. The van der Waals surface area contributed by atoms with Crippen molar-refractivity contribution in [3.8, 4) is 6.07 Å². The lowest BCUT2D eigenvalue weighted by Gasteiger charge is -2.06. The number of anilines is 1. The van der Waals surface area contributed by atoms with Gasteiger partial charge in [0.15, 0.2) is 0 Å². The monoisotopic (exact) mass is 425 g/mol. The van der Waals surface area contributed by atoms with Crippen LogP contribution in [0.25, 0.3) is 17.0 Å². The van der Waals surface area contributed by atoms with Crippen LogP contribution in [0, 0.1) is 18.3 Å². The Bertz CT molecular complexity index is 1330. The second-order valence-corrected chi connectivity index (χ2v) is 7.73. The number of hydrogen-bond donors (Lipinski definition) is 1. The molecule has 0 bridgehead atoms. The third-order valence-corrected chi connectivity index (χ3v) is 5.41. The predicted molar refractivity (Wildman–Crippen MR) is 126 cm³/mol. The molecule has 1 heterocycles. The van der Waals surface area contributed by atoms with Gasteiger partial charge in [0.25, 0.3) is 5.91 Å². The Morgan fingerprint density at radius 3 is 2.52 bits per heavy atom. The number of carbonyl (C=O) groups is 1. The number of aromatic nitrogens is 1. The van der Waals surface area contributed by atoms with E-state index in [0.717, 1.165) is 16.5 Å². The fraction of sp³-hybridized carbons (Fsp3) is 0.0769. The van der Waals surface area contributed by atoms with E-state index in [1.165, 1.54) is 11.1 Å². The van der Waals surface area contributed by atoms with Crippen molar-refractivity contribution in [2.45, 2.75) is 13.5 Å². The first kappa shape index (κ1) is 20.5. The average Bonchev–Trinajstić information content (AvgIpc) is 3.12. The highest BCUT2D eigenvalue weighted by atomic mass is 35.5. The van der Waals surface area contributed by atoms with Gasteiger partial charge in [-0.05, 0) is 36.8 Å².